The number of carbonyl (C=O) groups excluding carboxylic acids is 4. The molecule has 2 amide bonds. The van der Waals surface area contributed by atoms with Crippen molar-refractivity contribution in [2.75, 3.05) is 0 Å². The lowest BCUT2D eigenvalue weighted by molar-refractivity contribution is -0.123. The summed E-state index contributed by atoms with van der Waals surface area (Å²) in [6.45, 7) is 0. The minimum absolute atomic E-state index is 0.286. The average Bonchev–Trinajstić information content (AvgIpc) is 2.84. The van der Waals surface area contributed by atoms with E-state index in [9.17, 15) is 19.2 Å². The maximum atomic E-state index is 10.8. The van der Waals surface area contributed by atoms with Crippen LogP contribution in [0.3, 0.4) is 0 Å². The predicted molar refractivity (Wildman–Crippen MR) is 37.9 cm³/mol. The molecule has 13 heavy (non-hydrogen) atoms. The van der Waals surface area contributed by atoms with E-state index >= 15 is 0 Å². The number of isocyanates is 2. The number of nitrogens with zero attached hydrogens (tertiary/aromatic N) is 2. The van der Waals surface area contributed by atoms with Crippen molar-refractivity contribution in [1.82, 2.24) is 0 Å². The van der Waals surface area contributed by atoms with Crippen molar-refractivity contribution in [3.63, 3.8) is 0 Å². The van der Waals surface area contributed by atoms with Crippen LogP contribution in [-0.2, 0) is 19.2 Å². The molecule has 0 aromatic carbocycles. The van der Waals surface area contributed by atoms with Gasteiger partial charge in [-0.25, -0.2) is 9.59 Å². The SMILES string of the molecule is O=C=NC(=O)[C@@H]1C[C@H]1C(=O)N=C=O. The Labute approximate surface area is 72.4 Å². The lowest BCUT2D eigenvalue weighted by atomic mass is 10.3. The fourth-order valence-electron chi connectivity index (χ4n) is 0.997. The molecule has 1 saturated carbocycles. The monoisotopic (exact) mass is 180 g/mol. The lowest BCUT2D eigenvalue weighted by Crippen LogP contribution is -2.04. The van der Waals surface area contributed by atoms with E-state index in [0.29, 0.717) is 0 Å². The van der Waals surface area contributed by atoms with E-state index in [0.717, 1.165) is 12.2 Å². The zero-order chi connectivity index (χ0) is 9.84. The molecule has 6 heteroatoms. The second-order valence-corrected chi connectivity index (χ2v) is 2.53. The van der Waals surface area contributed by atoms with Crippen molar-refractivity contribution in [2.24, 2.45) is 21.8 Å². The van der Waals surface area contributed by atoms with Crippen LogP contribution in [0.5, 0.6) is 0 Å². The van der Waals surface area contributed by atoms with Gasteiger partial charge in [0.05, 0.1) is 11.8 Å². The first-order valence-corrected chi connectivity index (χ1v) is 3.44. The van der Waals surface area contributed by atoms with Crippen LogP contribution in [0.15, 0.2) is 9.98 Å². The predicted octanol–water partition coefficient (Wildman–Crippen LogP) is -0.653. The molecule has 0 aliphatic heterocycles. The Hall–Kier alpha value is -1.90. The van der Waals surface area contributed by atoms with Gasteiger partial charge in [-0.3, -0.25) is 9.59 Å². The molecule has 0 radical (unpaired) electrons. The van der Waals surface area contributed by atoms with Gasteiger partial charge in [0.15, 0.2) is 0 Å². The Bertz CT molecular complexity index is 316. The molecule has 0 aromatic rings. The smallest absolute Gasteiger partial charge is 0.260 e. The zero-order valence-electron chi connectivity index (χ0n) is 6.39. The van der Waals surface area contributed by atoms with Crippen LogP contribution >= 0.6 is 0 Å². The summed E-state index contributed by atoms with van der Waals surface area (Å²) in [6.07, 6.45) is 2.46. The standard InChI is InChI=1S/C7H4N2O4/c10-2-8-6(12)4-1-5(4)7(13)9-3-11/h4-5H,1H2/t4-,5-/m1/s1. The molecule has 0 bridgehead atoms. The van der Waals surface area contributed by atoms with E-state index in [1.807, 2.05) is 0 Å². The Morgan fingerprint density at radius 3 is 1.69 bits per heavy atom. The van der Waals surface area contributed by atoms with E-state index in [1.165, 1.54) is 0 Å². The Morgan fingerprint density at radius 1 is 1.00 bits per heavy atom. The maximum absolute atomic E-state index is 10.8. The molecule has 0 saturated heterocycles. The third kappa shape index (κ3) is 2.02. The van der Waals surface area contributed by atoms with Crippen LogP contribution in [0.1, 0.15) is 6.42 Å². The van der Waals surface area contributed by atoms with Crippen molar-refractivity contribution in [2.45, 2.75) is 6.42 Å². The normalized spacial score (nSPS) is 23.7. The molecule has 0 N–H and O–H groups in total. The summed E-state index contributed by atoms with van der Waals surface area (Å²) in [7, 11) is 0. The van der Waals surface area contributed by atoms with Gasteiger partial charge < -0.3 is 0 Å². The van der Waals surface area contributed by atoms with Gasteiger partial charge in [0.2, 0.25) is 12.2 Å². The van der Waals surface area contributed by atoms with Gasteiger partial charge in [0, 0.05) is 0 Å². The van der Waals surface area contributed by atoms with Crippen LogP contribution in [0.2, 0.25) is 0 Å². The molecule has 2 atom stereocenters. The van der Waals surface area contributed by atoms with Crippen molar-refractivity contribution in [1.29, 1.82) is 0 Å². The Kier molecular flexibility index (Phi) is 2.59. The molecule has 0 unspecified atom stereocenters. The molecule has 66 valence electrons. The number of aliphatic imine (C=N–C) groups is 2. The van der Waals surface area contributed by atoms with Gasteiger partial charge in [0.25, 0.3) is 11.8 Å². The summed E-state index contributed by atoms with van der Waals surface area (Å²) >= 11 is 0. The molecule has 1 aliphatic carbocycles. The number of hydrogen-bond donors (Lipinski definition) is 0. The van der Waals surface area contributed by atoms with E-state index < -0.39 is 23.7 Å². The number of rotatable bonds is 2. The average molecular weight is 180 g/mol. The summed E-state index contributed by atoms with van der Waals surface area (Å²) in [5, 5.41) is 0. The van der Waals surface area contributed by atoms with E-state index in [1.54, 1.807) is 0 Å². The van der Waals surface area contributed by atoms with Gasteiger partial charge in [-0.2, -0.15) is 0 Å². The first-order chi connectivity index (χ1) is 6.20. The second kappa shape index (κ2) is 3.67. The lowest BCUT2D eigenvalue weighted by Gasteiger charge is -1.85. The topological polar surface area (TPSA) is 93.0 Å². The summed E-state index contributed by atoms with van der Waals surface area (Å²) in [6, 6.07) is 0. The Morgan fingerprint density at radius 2 is 1.38 bits per heavy atom. The summed E-state index contributed by atoms with van der Waals surface area (Å²) in [5.41, 5.74) is 0. The van der Waals surface area contributed by atoms with Gasteiger partial charge in [-0.15, -0.1) is 9.98 Å². The quantitative estimate of drug-likeness (QED) is 0.416. The van der Waals surface area contributed by atoms with E-state index in [4.69, 9.17) is 0 Å². The van der Waals surface area contributed by atoms with Crippen LogP contribution in [0, 0.1) is 11.8 Å². The number of carbonyl (C=O) groups is 2. The van der Waals surface area contributed by atoms with Gasteiger partial charge in [-0.1, -0.05) is 0 Å². The highest BCUT2D eigenvalue weighted by molar-refractivity contribution is 5.95. The van der Waals surface area contributed by atoms with Crippen molar-refractivity contribution >= 4 is 24.0 Å². The fourth-order valence-corrected chi connectivity index (χ4v) is 0.997. The fraction of sp³-hybridized carbons (Fsp3) is 0.429. The van der Waals surface area contributed by atoms with Crippen LogP contribution in [-0.4, -0.2) is 24.0 Å². The maximum Gasteiger partial charge on any atom is 0.260 e. The first kappa shape index (κ1) is 9.19. The van der Waals surface area contributed by atoms with Gasteiger partial charge in [0.1, 0.15) is 0 Å². The molecule has 1 rings (SSSR count). The molecule has 0 aromatic heterocycles. The minimum Gasteiger partial charge on any atom is -0.271 e. The molecule has 0 heterocycles. The largest absolute Gasteiger partial charge is 0.271 e. The van der Waals surface area contributed by atoms with Crippen LogP contribution < -0.4 is 0 Å². The van der Waals surface area contributed by atoms with E-state index in [-0.39, 0.29) is 6.42 Å². The van der Waals surface area contributed by atoms with Crippen LogP contribution in [0.4, 0.5) is 0 Å². The molecule has 1 aliphatic rings. The highest BCUT2D eigenvalue weighted by Crippen LogP contribution is 2.40. The third-order valence-electron chi connectivity index (χ3n) is 1.74. The highest BCUT2D eigenvalue weighted by Gasteiger charge is 2.48. The van der Waals surface area contributed by atoms with Crippen molar-refractivity contribution in [3.8, 4) is 0 Å². The molecule has 6 nitrogen and oxygen atoms in total. The zero-order valence-corrected chi connectivity index (χ0v) is 6.39. The summed E-state index contributed by atoms with van der Waals surface area (Å²) in [5.74, 6) is -2.58. The molecular weight excluding hydrogens is 176 g/mol. The number of amides is 2. The van der Waals surface area contributed by atoms with Gasteiger partial charge in [-0.05, 0) is 6.42 Å². The molecular formula is C7H4N2O4. The van der Waals surface area contributed by atoms with Gasteiger partial charge >= 0.3 is 0 Å². The summed E-state index contributed by atoms with van der Waals surface area (Å²) < 4.78 is 0. The second-order valence-electron chi connectivity index (χ2n) is 2.53. The van der Waals surface area contributed by atoms with Crippen LogP contribution in [0.25, 0.3) is 0 Å². The van der Waals surface area contributed by atoms with Crippen molar-refractivity contribution < 1.29 is 19.2 Å². The Balaban J connectivity index is 2.55. The molecule has 0 spiro atoms. The molecule has 1 fully saturated rings. The van der Waals surface area contributed by atoms with E-state index in [2.05, 4.69) is 9.98 Å². The summed E-state index contributed by atoms with van der Waals surface area (Å²) in [4.78, 5) is 46.6. The third-order valence-corrected chi connectivity index (χ3v) is 1.74. The minimum atomic E-state index is -0.686. The van der Waals surface area contributed by atoms with Crippen molar-refractivity contribution in [3.05, 3.63) is 0 Å². The number of hydrogen-bond acceptors (Lipinski definition) is 4. The first-order valence-electron chi connectivity index (χ1n) is 3.44. The highest BCUT2D eigenvalue weighted by atomic mass is 16.2.